The van der Waals surface area contributed by atoms with E-state index in [1.807, 2.05) is 31.2 Å². The molecule has 4 heteroatoms. The van der Waals surface area contributed by atoms with E-state index >= 15 is 0 Å². The number of ether oxygens (including phenoxy) is 1. The van der Waals surface area contributed by atoms with E-state index in [0.29, 0.717) is 30.9 Å². The van der Waals surface area contributed by atoms with Crippen LogP contribution in [0.5, 0.6) is 0 Å². The molecule has 1 aliphatic rings. The zero-order chi connectivity index (χ0) is 14.4. The summed E-state index contributed by atoms with van der Waals surface area (Å²) in [4.78, 5) is 11.8. The molecule has 3 nitrogen and oxygen atoms in total. The number of carbonyl (C=O) groups is 1. The molecule has 0 bridgehead atoms. The van der Waals surface area contributed by atoms with Crippen LogP contribution in [-0.2, 0) is 22.0 Å². The van der Waals surface area contributed by atoms with Gasteiger partial charge in [0.1, 0.15) is 0 Å². The summed E-state index contributed by atoms with van der Waals surface area (Å²) in [7, 11) is 0. The first-order valence-corrected chi connectivity index (χ1v) is 7.76. The van der Waals surface area contributed by atoms with E-state index in [2.05, 4.69) is 5.32 Å². The first kappa shape index (κ1) is 15.3. The van der Waals surface area contributed by atoms with Gasteiger partial charge in [-0.05, 0) is 36.8 Å². The normalized spacial score (nSPS) is 21.3. The van der Waals surface area contributed by atoms with Gasteiger partial charge in [-0.25, -0.2) is 0 Å². The Morgan fingerprint density at radius 1 is 1.30 bits per heavy atom. The molecule has 0 saturated heterocycles. The van der Waals surface area contributed by atoms with E-state index in [9.17, 15) is 4.79 Å². The maximum absolute atomic E-state index is 11.8. The molecule has 0 unspecified atom stereocenters. The highest BCUT2D eigenvalue weighted by Gasteiger charge is 2.30. The molecule has 0 atom stereocenters. The molecular formula is C16H22ClNO2. The molecule has 20 heavy (non-hydrogen) atoms. The number of alkyl halides is 1. The van der Waals surface area contributed by atoms with Gasteiger partial charge in [0.25, 0.3) is 0 Å². The quantitative estimate of drug-likeness (QED) is 0.784. The Morgan fingerprint density at radius 3 is 2.55 bits per heavy atom. The number of nitrogens with one attached hydrogen (secondary N) is 1. The molecule has 2 rings (SSSR count). The van der Waals surface area contributed by atoms with Crippen molar-refractivity contribution in [1.29, 1.82) is 0 Å². The third-order valence-corrected chi connectivity index (χ3v) is 4.04. The fraction of sp³-hybridized carbons (Fsp3) is 0.562. The number of rotatable bonds is 7. The standard InChI is InChI=1S/C16H22ClNO2/c1-2-20-15-7-14(8-15)9-16(19)18-11-13-5-3-12(10-17)4-6-13/h3-6,14-15H,2,7-11H2,1H3,(H,18,19). The van der Waals surface area contributed by atoms with Crippen LogP contribution in [0, 0.1) is 5.92 Å². The third-order valence-electron chi connectivity index (χ3n) is 3.74. The first-order chi connectivity index (χ1) is 9.71. The van der Waals surface area contributed by atoms with Crippen molar-refractivity contribution in [1.82, 2.24) is 5.32 Å². The molecule has 1 aromatic carbocycles. The van der Waals surface area contributed by atoms with E-state index < -0.39 is 0 Å². The highest BCUT2D eigenvalue weighted by molar-refractivity contribution is 6.17. The van der Waals surface area contributed by atoms with Crippen LogP contribution in [0.3, 0.4) is 0 Å². The van der Waals surface area contributed by atoms with Crippen molar-refractivity contribution in [3.63, 3.8) is 0 Å². The molecule has 0 aromatic heterocycles. The van der Waals surface area contributed by atoms with Gasteiger partial charge in [-0.3, -0.25) is 4.79 Å². The Hall–Kier alpha value is -1.06. The van der Waals surface area contributed by atoms with E-state index in [4.69, 9.17) is 16.3 Å². The highest BCUT2D eigenvalue weighted by atomic mass is 35.5. The minimum absolute atomic E-state index is 0.131. The lowest BCUT2D eigenvalue weighted by Crippen LogP contribution is -2.35. The van der Waals surface area contributed by atoms with Crippen LogP contribution < -0.4 is 5.32 Å². The predicted molar refractivity (Wildman–Crippen MR) is 80.6 cm³/mol. The smallest absolute Gasteiger partial charge is 0.220 e. The Balaban J connectivity index is 1.65. The second kappa shape index (κ2) is 7.65. The van der Waals surface area contributed by atoms with Gasteiger partial charge in [-0.2, -0.15) is 0 Å². The summed E-state index contributed by atoms with van der Waals surface area (Å²) in [6, 6.07) is 8.00. The topological polar surface area (TPSA) is 38.3 Å². The predicted octanol–water partition coefficient (Wildman–Crippen LogP) is 3.25. The van der Waals surface area contributed by atoms with Gasteiger partial charge in [0.15, 0.2) is 0 Å². The molecule has 0 heterocycles. The molecule has 1 N–H and O–H groups in total. The first-order valence-electron chi connectivity index (χ1n) is 7.23. The van der Waals surface area contributed by atoms with Gasteiger partial charge in [-0.1, -0.05) is 24.3 Å². The van der Waals surface area contributed by atoms with Crippen molar-refractivity contribution in [2.75, 3.05) is 6.61 Å². The molecule has 1 aliphatic carbocycles. The second-order valence-corrected chi connectivity index (χ2v) is 5.61. The molecule has 0 aliphatic heterocycles. The van der Waals surface area contributed by atoms with Gasteiger partial charge in [0.05, 0.1) is 6.10 Å². The average molecular weight is 296 g/mol. The van der Waals surface area contributed by atoms with Crippen LogP contribution in [0.1, 0.15) is 37.3 Å². The largest absolute Gasteiger partial charge is 0.378 e. The summed E-state index contributed by atoms with van der Waals surface area (Å²) < 4.78 is 5.50. The van der Waals surface area contributed by atoms with Crippen LogP contribution in [0.25, 0.3) is 0 Å². The van der Waals surface area contributed by atoms with Gasteiger partial charge >= 0.3 is 0 Å². The molecule has 0 radical (unpaired) electrons. The maximum atomic E-state index is 11.8. The zero-order valence-corrected chi connectivity index (χ0v) is 12.7. The van der Waals surface area contributed by atoms with Crippen molar-refractivity contribution in [2.45, 2.75) is 44.7 Å². The fourth-order valence-corrected chi connectivity index (χ4v) is 2.67. The third kappa shape index (κ3) is 4.50. The Morgan fingerprint density at radius 2 is 1.95 bits per heavy atom. The molecule has 110 valence electrons. The summed E-state index contributed by atoms with van der Waals surface area (Å²) in [5, 5.41) is 2.97. The van der Waals surface area contributed by atoms with Crippen LogP contribution >= 0.6 is 11.6 Å². The summed E-state index contributed by atoms with van der Waals surface area (Å²) in [5.74, 6) is 1.14. The monoisotopic (exact) mass is 295 g/mol. The van der Waals surface area contributed by atoms with Gasteiger partial charge in [-0.15, -0.1) is 11.6 Å². The van der Waals surface area contributed by atoms with E-state index in [1.54, 1.807) is 0 Å². The number of benzene rings is 1. The van der Waals surface area contributed by atoms with Crippen molar-refractivity contribution in [3.8, 4) is 0 Å². The molecule has 1 fully saturated rings. The zero-order valence-electron chi connectivity index (χ0n) is 11.9. The minimum Gasteiger partial charge on any atom is -0.378 e. The number of hydrogen-bond donors (Lipinski definition) is 1. The number of amides is 1. The average Bonchev–Trinajstić information content (AvgIpc) is 2.43. The maximum Gasteiger partial charge on any atom is 0.220 e. The molecule has 0 spiro atoms. The minimum atomic E-state index is 0.131. The summed E-state index contributed by atoms with van der Waals surface area (Å²) >= 11 is 5.74. The fourth-order valence-electron chi connectivity index (χ4n) is 2.49. The van der Waals surface area contributed by atoms with Crippen LogP contribution in [0.4, 0.5) is 0 Å². The van der Waals surface area contributed by atoms with Crippen LogP contribution in [0.2, 0.25) is 0 Å². The Kier molecular flexibility index (Phi) is 5.86. The summed E-state index contributed by atoms with van der Waals surface area (Å²) in [6.45, 7) is 3.36. The van der Waals surface area contributed by atoms with Crippen molar-refractivity contribution >= 4 is 17.5 Å². The van der Waals surface area contributed by atoms with E-state index in [-0.39, 0.29) is 5.91 Å². The number of halogens is 1. The number of carbonyl (C=O) groups excluding carboxylic acids is 1. The van der Waals surface area contributed by atoms with Gasteiger partial charge < -0.3 is 10.1 Å². The molecule has 1 aromatic rings. The SMILES string of the molecule is CCOC1CC(CC(=O)NCc2ccc(CCl)cc2)C1. The van der Waals surface area contributed by atoms with Crippen LogP contribution in [-0.4, -0.2) is 18.6 Å². The highest BCUT2D eigenvalue weighted by Crippen LogP contribution is 2.32. The lowest BCUT2D eigenvalue weighted by molar-refractivity contribution is -0.124. The van der Waals surface area contributed by atoms with E-state index in [0.717, 1.165) is 30.6 Å². The Bertz CT molecular complexity index is 427. The van der Waals surface area contributed by atoms with Crippen molar-refractivity contribution < 1.29 is 9.53 Å². The summed E-state index contributed by atoms with van der Waals surface area (Å²) in [6.07, 6.45) is 3.03. The van der Waals surface area contributed by atoms with Crippen molar-refractivity contribution in [3.05, 3.63) is 35.4 Å². The van der Waals surface area contributed by atoms with Crippen LogP contribution in [0.15, 0.2) is 24.3 Å². The lowest BCUT2D eigenvalue weighted by Gasteiger charge is -2.34. The van der Waals surface area contributed by atoms with Gasteiger partial charge in [0, 0.05) is 25.5 Å². The van der Waals surface area contributed by atoms with Crippen molar-refractivity contribution in [2.24, 2.45) is 5.92 Å². The molecule has 1 saturated carbocycles. The van der Waals surface area contributed by atoms with Gasteiger partial charge in [0.2, 0.25) is 5.91 Å². The lowest BCUT2D eigenvalue weighted by atomic mass is 9.80. The Labute approximate surface area is 125 Å². The van der Waals surface area contributed by atoms with E-state index in [1.165, 1.54) is 0 Å². The second-order valence-electron chi connectivity index (χ2n) is 5.35. The number of hydrogen-bond acceptors (Lipinski definition) is 2. The molecular weight excluding hydrogens is 274 g/mol. The summed E-state index contributed by atoms with van der Waals surface area (Å²) in [5.41, 5.74) is 2.20. The molecule has 1 amide bonds.